The van der Waals surface area contributed by atoms with Crippen LogP contribution in [-0.4, -0.2) is 32.5 Å². The fourth-order valence-corrected chi connectivity index (χ4v) is 4.56. The maximum atomic E-state index is 13.0. The van der Waals surface area contributed by atoms with E-state index in [1.165, 1.54) is 0 Å². The van der Waals surface area contributed by atoms with Gasteiger partial charge in [0, 0.05) is 36.5 Å². The van der Waals surface area contributed by atoms with Gasteiger partial charge >= 0.3 is 5.97 Å². The van der Waals surface area contributed by atoms with Gasteiger partial charge in [0.25, 0.3) is 5.56 Å². The highest BCUT2D eigenvalue weighted by Crippen LogP contribution is 2.18. The highest BCUT2D eigenvalue weighted by molar-refractivity contribution is 5.99. The Bertz CT molecular complexity index is 1470. The van der Waals surface area contributed by atoms with E-state index in [1.54, 1.807) is 4.57 Å². The summed E-state index contributed by atoms with van der Waals surface area (Å²) in [5.74, 6) is -0.771. The normalized spacial score (nSPS) is 11.1. The van der Waals surface area contributed by atoms with Gasteiger partial charge < -0.3 is 13.9 Å². The maximum absolute atomic E-state index is 13.0. The number of aryl methyl sites for hydroxylation is 3. The highest BCUT2D eigenvalue weighted by Gasteiger charge is 2.18. The number of esters is 1. The Morgan fingerprint density at radius 3 is 2.46 bits per heavy atom. The summed E-state index contributed by atoms with van der Waals surface area (Å²) >= 11 is 0. The Hall–Kier alpha value is -4.00. The quantitative estimate of drug-likeness (QED) is 0.214. The van der Waals surface area contributed by atoms with Crippen LogP contribution < -0.4 is 5.56 Å². The number of carbonyl (C=O) groups is 2. The zero-order chi connectivity index (χ0) is 26.4. The molecule has 2 aromatic heterocycles. The van der Waals surface area contributed by atoms with Crippen molar-refractivity contribution in [3.05, 3.63) is 99.2 Å². The summed E-state index contributed by atoms with van der Waals surface area (Å²) in [6.45, 7) is 6.88. The van der Waals surface area contributed by atoms with Crippen molar-refractivity contribution in [1.29, 1.82) is 0 Å². The number of nitrogens with zero attached hydrogens (tertiary/aromatic N) is 3. The molecule has 0 aliphatic heterocycles. The first-order chi connectivity index (χ1) is 17.9. The molecule has 2 heterocycles. The summed E-state index contributed by atoms with van der Waals surface area (Å²) < 4.78 is 9.11. The van der Waals surface area contributed by atoms with Crippen molar-refractivity contribution in [2.45, 2.75) is 59.5 Å². The number of ether oxygens (including phenoxy) is 1. The first-order valence-corrected chi connectivity index (χ1v) is 12.8. The number of fused-ring (bicyclic) bond motifs is 1. The lowest BCUT2D eigenvalue weighted by atomic mass is 10.1. The lowest BCUT2D eigenvalue weighted by molar-refractivity contribution is -0.142. The summed E-state index contributed by atoms with van der Waals surface area (Å²) in [4.78, 5) is 42.9. The van der Waals surface area contributed by atoms with Crippen molar-refractivity contribution < 1.29 is 14.3 Å². The number of Topliss-reactive ketones (excluding diaryl/α,β-unsaturated/α-hetero) is 1. The van der Waals surface area contributed by atoms with Crippen LogP contribution in [0.25, 0.3) is 11.0 Å². The van der Waals surface area contributed by atoms with Gasteiger partial charge in [0.15, 0.2) is 6.61 Å². The molecule has 0 aliphatic carbocycles. The summed E-state index contributed by atoms with van der Waals surface area (Å²) in [5.41, 5.74) is 5.19. The van der Waals surface area contributed by atoms with Crippen LogP contribution in [0.15, 0.2) is 65.5 Å². The average molecular weight is 500 g/mol. The van der Waals surface area contributed by atoms with Crippen LogP contribution in [0.3, 0.4) is 0 Å². The molecule has 0 radical (unpaired) electrons. The summed E-state index contributed by atoms with van der Waals surface area (Å²) in [7, 11) is 0. The van der Waals surface area contributed by atoms with Gasteiger partial charge in [0.05, 0.1) is 17.5 Å². The molecule has 0 saturated carbocycles. The number of hydrogen-bond acceptors (Lipinski definition) is 5. The van der Waals surface area contributed by atoms with Crippen molar-refractivity contribution in [1.82, 2.24) is 14.1 Å². The number of para-hydroxylation sites is 2. The number of carbonyl (C=O) groups excluding carboxylic acids is 2. The smallest absolute Gasteiger partial charge is 0.306 e. The van der Waals surface area contributed by atoms with Crippen LogP contribution in [0.5, 0.6) is 0 Å². The molecular formula is C30H33N3O4. The lowest BCUT2D eigenvalue weighted by Crippen LogP contribution is -2.26. The molecule has 0 atom stereocenters. The van der Waals surface area contributed by atoms with Crippen molar-refractivity contribution in [2.75, 3.05) is 6.61 Å². The van der Waals surface area contributed by atoms with E-state index in [0.29, 0.717) is 24.3 Å². The SMILES string of the molecule is CCCCn1c(=O)c(CCC(=O)OCC(=O)c2cc(C)n(Cc3ccccc3)c2C)nc2ccccc21. The molecular weight excluding hydrogens is 466 g/mol. The van der Waals surface area contributed by atoms with E-state index in [9.17, 15) is 14.4 Å². The van der Waals surface area contributed by atoms with Crippen molar-refractivity contribution in [3.63, 3.8) is 0 Å². The minimum absolute atomic E-state index is 0.0192. The topological polar surface area (TPSA) is 83.2 Å². The van der Waals surface area contributed by atoms with E-state index in [0.717, 1.165) is 40.8 Å². The summed E-state index contributed by atoms with van der Waals surface area (Å²) in [6.07, 6.45) is 1.99. The van der Waals surface area contributed by atoms with Crippen molar-refractivity contribution in [2.24, 2.45) is 0 Å². The third kappa shape index (κ3) is 6.05. The predicted octanol–water partition coefficient (Wildman–Crippen LogP) is 5.02. The second kappa shape index (κ2) is 11.8. The second-order valence-electron chi connectivity index (χ2n) is 9.30. The van der Waals surface area contributed by atoms with E-state index in [2.05, 4.69) is 16.5 Å². The Labute approximate surface area is 216 Å². The first-order valence-electron chi connectivity index (χ1n) is 12.8. The van der Waals surface area contributed by atoms with E-state index in [1.807, 2.05) is 74.5 Å². The molecule has 0 amide bonds. The molecule has 0 bridgehead atoms. The van der Waals surface area contributed by atoms with Gasteiger partial charge in [-0.1, -0.05) is 55.8 Å². The molecule has 4 rings (SSSR count). The third-order valence-corrected chi connectivity index (χ3v) is 6.64. The lowest BCUT2D eigenvalue weighted by Gasteiger charge is -2.12. The zero-order valence-electron chi connectivity index (χ0n) is 21.7. The number of aromatic nitrogens is 3. The molecule has 2 aromatic carbocycles. The van der Waals surface area contributed by atoms with Gasteiger partial charge in [0.2, 0.25) is 5.78 Å². The van der Waals surface area contributed by atoms with Crippen LogP contribution >= 0.6 is 0 Å². The molecule has 0 spiro atoms. The molecule has 0 aliphatic rings. The minimum Gasteiger partial charge on any atom is -0.457 e. The fourth-order valence-electron chi connectivity index (χ4n) is 4.56. The summed E-state index contributed by atoms with van der Waals surface area (Å²) in [5, 5.41) is 0. The largest absolute Gasteiger partial charge is 0.457 e. The Morgan fingerprint density at radius 2 is 1.70 bits per heavy atom. The standard InChI is InChI=1S/C30H33N3O4/c1-4-5-17-32-27-14-10-9-13-25(27)31-26(30(32)36)15-16-29(35)37-20-28(34)24-18-21(2)33(22(24)3)19-23-11-7-6-8-12-23/h6-14,18H,4-5,15-17,19-20H2,1-3H3. The molecule has 7 heteroatoms. The molecule has 0 unspecified atom stereocenters. The van der Waals surface area contributed by atoms with Gasteiger partial charge in [0.1, 0.15) is 5.69 Å². The number of benzene rings is 2. The van der Waals surface area contributed by atoms with E-state index in [4.69, 9.17) is 4.74 Å². The first kappa shape index (κ1) is 26.1. The molecule has 0 N–H and O–H groups in total. The predicted molar refractivity (Wildman–Crippen MR) is 144 cm³/mol. The van der Waals surface area contributed by atoms with E-state index < -0.39 is 5.97 Å². The molecule has 0 saturated heterocycles. The van der Waals surface area contributed by atoms with Gasteiger partial charge in [-0.25, -0.2) is 4.98 Å². The number of unbranched alkanes of at least 4 members (excludes halogenated alkanes) is 1. The Morgan fingerprint density at radius 1 is 0.973 bits per heavy atom. The van der Waals surface area contributed by atoms with Gasteiger partial charge in [-0.3, -0.25) is 14.4 Å². The number of rotatable bonds is 11. The number of ketones is 1. The van der Waals surface area contributed by atoms with Crippen molar-refractivity contribution in [3.8, 4) is 0 Å². The molecule has 7 nitrogen and oxygen atoms in total. The third-order valence-electron chi connectivity index (χ3n) is 6.64. The Kier molecular flexibility index (Phi) is 8.33. The fraction of sp³-hybridized carbons (Fsp3) is 0.333. The van der Waals surface area contributed by atoms with Gasteiger partial charge in [-0.2, -0.15) is 0 Å². The molecule has 37 heavy (non-hydrogen) atoms. The van der Waals surface area contributed by atoms with Crippen LogP contribution in [0.2, 0.25) is 0 Å². The van der Waals surface area contributed by atoms with Crippen molar-refractivity contribution >= 4 is 22.8 Å². The molecule has 4 aromatic rings. The van der Waals surface area contributed by atoms with Gasteiger partial charge in [-0.15, -0.1) is 0 Å². The maximum Gasteiger partial charge on any atom is 0.306 e. The van der Waals surface area contributed by atoms with Gasteiger partial charge in [-0.05, 0) is 44.0 Å². The second-order valence-corrected chi connectivity index (χ2v) is 9.30. The Balaban J connectivity index is 1.39. The zero-order valence-corrected chi connectivity index (χ0v) is 21.7. The van der Waals surface area contributed by atoms with E-state index >= 15 is 0 Å². The monoisotopic (exact) mass is 499 g/mol. The van der Waals surface area contributed by atoms with E-state index in [-0.39, 0.29) is 30.8 Å². The minimum atomic E-state index is -0.527. The highest BCUT2D eigenvalue weighted by atomic mass is 16.5. The average Bonchev–Trinajstić information content (AvgIpc) is 3.19. The van der Waals surface area contributed by atoms with Crippen LogP contribution in [-0.2, 0) is 29.0 Å². The molecule has 192 valence electrons. The number of hydrogen-bond donors (Lipinski definition) is 0. The van der Waals surface area contributed by atoms with Crippen LogP contribution in [0, 0.1) is 13.8 Å². The van der Waals surface area contributed by atoms with Crippen LogP contribution in [0.4, 0.5) is 0 Å². The van der Waals surface area contributed by atoms with Crippen LogP contribution in [0.1, 0.15) is 59.2 Å². The molecule has 0 fully saturated rings. The summed E-state index contributed by atoms with van der Waals surface area (Å²) in [6, 6.07) is 19.4.